The maximum atomic E-state index is 11.8. The molecule has 0 spiro atoms. The Bertz CT molecular complexity index is 441. The van der Waals surface area contributed by atoms with Crippen LogP contribution < -0.4 is 10.5 Å². The van der Waals surface area contributed by atoms with Crippen molar-refractivity contribution in [3.63, 3.8) is 0 Å². The van der Waals surface area contributed by atoms with E-state index in [0.29, 0.717) is 6.54 Å². The van der Waals surface area contributed by atoms with Crippen LogP contribution >= 0.6 is 0 Å². The summed E-state index contributed by atoms with van der Waals surface area (Å²) in [5.74, 6) is -0.838. The van der Waals surface area contributed by atoms with Crippen molar-refractivity contribution < 1.29 is 9.90 Å². The summed E-state index contributed by atoms with van der Waals surface area (Å²) >= 11 is 0. The highest BCUT2D eigenvalue weighted by molar-refractivity contribution is 5.76. The van der Waals surface area contributed by atoms with Gasteiger partial charge in [0.05, 0.1) is 0 Å². The SMILES string of the molecule is CCn1ccnc(N(C)C(C)C(=O)O)c1=O. The van der Waals surface area contributed by atoms with Gasteiger partial charge in [0.2, 0.25) is 0 Å². The number of anilines is 1. The molecule has 1 heterocycles. The molecule has 0 amide bonds. The number of nitrogens with zero attached hydrogens (tertiary/aromatic N) is 3. The minimum Gasteiger partial charge on any atom is -0.480 e. The maximum Gasteiger partial charge on any atom is 0.326 e. The molecule has 6 nitrogen and oxygen atoms in total. The van der Waals surface area contributed by atoms with E-state index in [1.807, 2.05) is 6.92 Å². The van der Waals surface area contributed by atoms with E-state index in [0.717, 1.165) is 0 Å². The number of hydrogen-bond acceptors (Lipinski definition) is 4. The molecule has 1 atom stereocenters. The highest BCUT2D eigenvalue weighted by Crippen LogP contribution is 2.05. The molecule has 6 heteroatoms. The molecule has 0 saturated carbocycles. The normalized spacial score (nSPS) is 12.2. The van der Waals surface area contributed by atoms with Gasteiger partial charge in [-0.3, -0.25) is 4.79 Å². The molecule has 0 aliphatic rings. The van der Waals surface area contributed by atoms with Crippen molar-refractivity contribution in [3.05, 3.63) is 22.7 Å². The molecule has 1 aromatic heterocycles. The minimum absolute atomic E-state index is 0.152. The van der Waals surface area contributed by atoms with Gasteiger partial charge >= 0.3 is 5.97 Å². The van der Waals surface area contributed by atoms with Gasteiger partial charge in [-0.1, -0.05) is 0 Å². The number of rotatable bonds is 4. The molecule has 1 unspecified atom stereocenters. The second kappa shape index (κ2) is 4.78. The number of aromatic nitrogens is 2. The summed E-state index contributed by atoms with van der Waals surface area (Å²) in [6, 6.07) is -0.784. The summed E-state index contributed by atoms with van der Waals surface area (Å²) in [6.07, 6.45) is 3.07. The Kier molecular flexibility index (Phi) is 3.65. The topological polar surface area (TPSA) is 75.4 Å². The van der Waals surface area contributed by atoms with Gasteiger partial charge in [-0.25, -0.2) is 9.78 Å². The van der Waals surface area contributed by atoms with Crippen LogP contribution in [0.5, 0.6) is 0 Å². The first-order valence-corrected chi connectivity index (χ1v) is 5.00. The molecular weight excluding hydrogens is 210 g/mol. The predicted molar refractivity (Wildman–Crippen MR) is 59.7 cm³/mol. The first-order valence-electron chi connectivity index (χ1n) is 5.00. The van der Waals surface area contributed by atoms with Gasteiger partial charge in [-0.2, -0.15) is 0 Å². The van der Waals surface area contributed by atoms with Crippen LogP contribution in [0.4, 0.5) is 5.82 Å². The van der Waals surface area contributed by atoms with Gasteiger partial charge in [0.15, 0.2) is 5.82 Å². The van der Waals surface area contributed by atoms with Crippen molar-refractivity contribution in [2.75, 3.05) is 11.9 Å². The number of carboxylic acid groups (broad SMARTS) is 1. The first-order chi connectivity index (χ1) is 7.49. The molecule has 0 aromatic carbocycles. The molecular formula is C10H15N3O3. The summed E-state index contributed by atoms with van der Waals surface area (Å²) in [6.45, 7) is 3.88. The van der Waals surface area contributed by atoms with Crippen molar-refractivity contribution >= 4 is 11.8 Å². The number of hydrogen-bond donors (Lipinski definition) is 1. The zero-order valence-electron chi connectivity index (χ0n) is 9.54. The largest absolute Gasteiger partial charge is 0.480 e. The third-order valence-corrected chi connectivity index (χ3v) is 2.51. The Morgan fingerprint density at radius 3 is 2.81 bits per heavy atom. The maximum absolute atomic E-state index is 11.8. The van der Waals surface area contributed by atoms with E-state index < -0.39 is 12.0 Å². The van der Waals surface area contributed by atoms with Crippen molar-refractivity contribution in [2.24, 2.45) is 0 Å². The molecule has 0 radical (unpaired) electrons. The molecule has 16 heavy (non-hydrogen) atoms. The number of carbonyl (C=O) groups is 1. The Labute approximate surface area is 93.1 Å². The van der Waals surface area contributed by atoms with E-state index in [4.69, 9.17) is 5.11 Å². The molecule has 0 saturated heterocycles. The zero-order chi connectivity index (χ0) is 12.3. The van der Waals surface area contributed by atoms with E-state index in [-0.39, 0.29) is 11.4 Å². The fraction of sp³-hybridized carbons (Fsp3) is 0.500. The van der Waals surface area contributed by atoms with Gasteiger partial charge in [0, 0.05) is 26.0 Å². The monoisotopic (exact) mass is 225 g/mol. The standard InChI is InChI=1S/C10H15N3O3/c1-4-13-6-5-11-8(9(13)14)12(3)7(2)10(15)16/h5-7H,4H2,1-3H3,(H,15,16). The van der Waals surface area contributed by atoms with E-state index in [2.05, 4.69) is 4.98 Å². The number of aryl methyl sites for hydroxylation is 1. The second-order valence-corrected chi connectivity index (χ2v) is 3.47. The third kappa shape index (κ3) is 2.21. The Morgan fingerprint density at radius 1 is 1.69 bits per heavy atom. The van der Waals surface area contributed by atoms with Crippen molar-refractivity contribution in [1.82, 2.24) is 9.55 Å². The smallest absolute Gasteiger partial charge is 0.326 e. The fourth-order valence-corrected chi connectivity index (χ4v) is 1.28. The van der Waals surface area contributed by atoms with Gasteiger partial charge in [0.1, 0.15) is 6.04 Å². The summed E-state index contributed by atoms with van der Waals surface area (Å²) in [5.41, 5.74) is -0.277. The van der Waals surface area contributed by atoms with E-state index >= 15 is 0 Å². The van der Waals surface area contributed by atoms with E-state index in [9.17, 15) is 9.59 Å². The molecule has 0 aliphatic carbocycles. The van der Waals surface area contributed by atoms with Crippen LogP contribution in [0.25, 0.3) is 0 Å². The first kappa shape index (κ1) is 12.2. The summed E-state index contributed by atoms with van der Waals surface area (Å²) in [4.78, 5) is 27.9. The van der Waals surface area contributed by atoms with Crippen LogP contribution in [-0.2, 0) is 11.3 Å². The molecule has 1 rings (SSSR count). The predicted octanol–water partition coefficient (Wildman–Crippen LogP) is 0.173. The molecule has 0 aliphatic heterocycles. The Balaban J connectivity index is 3.14. The zero-order valence-corrected chi connectivity index (χ0v) is 9.54. The minimum atomic E-state index is -0.990. The van der Waals surface area contributed by atoms with Crippen molar-refractivity contribution in [2.45, 2.75) is 26.4 Å². The average molecular weight is 225 g/mol. The molecule has 0 fully saturated rings. The lowest BCUT2D eigenvalue weighted by Gasteiger charge is -2.21. The number of likely N-dealkylation sites (N-methyl/N-ethyl adjacent to an activating group) is 1. The Morgan fingerprint density at radius 2 is 2.31 bits per heavy atom. The van der Waals surface area contributed by atoms with Crippen LogP contribution in [0.3, 0.4) is 0 Å². The van der Waals surface area contributed by atoms with Crippen LogP contribution in [0, 0.1) is 0 Å². The van der Waals surface area contributed by atoms with Gasteiger partial charge in [-0.15, -0.1) is 0 Å². The lowest BCUT2D eigenvalue weighted by molar-refractivity contribution is -0.138. The average Bonchev–Trinajstić information content (AvgIpc) is 2.27. The molecule has 1 aromatic rings. The Hall–Kier alpha value is -1.85. The summed E-state index contributed by atoms with van der Waals surface area (Å²) in [5, 5.41) is 8.85. The van der Waals surface area contributed by atoms with E-state index in [1.54, 1.807) is 13.2 Å². The summed E-state index contributed by atoms with van der Waals surface area (Å²) < 4.78 is 1.48. The van der Waals surface area contributed by atoms with Crippen molar-refractivity contribution in [1.29, 1.82) is 0 Å². The number of carboxylic acids is 1. The highest BCUT2D eigenvalue weighted by atomic mass is 16.4. The second-order valence-electron chi connectivity index (χ2n) is 3.47. The molecule has 1 N–H and O–H groups in total. The third-order valence-electron chi connectivity index (χ3n) is 2.51. The van der Waals surface area contributed by atoms with Gasteiger partial charge in [0.25, 0.3) is 5.56 Å². The number of aliphatic carboxylic acids is 1. The lowest BCUT2D eigenvalue weighted by atomic mass is 10.3. The van der Waals surface area contributed by atoms with Gasteiger partial charge < -0.3 is 14.6 Å². The van der Waals surface area contributed by atoms with Gasteiger partial charge in [-0.05, 0) is 13.8 Å². The van der Waals surface area contributed by atoms with E-state index in [1.165, 1.54) is 22.6 Å². The molecule has 0 bridgehead atoms. The van der Waals surface area contributed by atoms with Crippen LogP contribution in [0.1, 0.15) is 13.8 Å². The lowest BCUT2D eigenvalue weighted by Crippen LogP contribution is -2.40. The molecule has 88 valence electrons. The quantitative estimate of drug-likeness (QED) is 0.790. The van der Waals surface area contributed by atoms with Crippen LogP contribution in [0.2, 0.25) is 0 Å². The summed E-state index contributed by atoms with van der Waals surface area (Å²) in [7, 11) is 1.54. The van der Waals surface area contributed by atoms with Crippen LogP contribution in [-0.4, -0.2) is 33.7 Å². The van der Waals surface area contributed by atoms with Crippen molar-refractivity contribution in [3.8, 4) is 0 Å². The highest BCUT2D eigenvalue weighted by Gasteiger charge is 2.20. The van der Waals surface area contributed by atoms with Crippen LogP contribution in [0.15, 0.2) is 17.2 Å². The fourth-order valence-electron chi connectivity index (χ4n) is 1.28.